The summed E-state index contributed by atoms with van der Waals surface area (Å²) in [5.74, 6) is 1.06. The monoisotopic (exact) mass is 327 g/mol. The van der Waals surface area contributed by atoms with Crippen molar-refractivity contribution in [3.8, 4) is 17.2 Å². The van der Waals surface area contributed by atoms with E-state index in [0.29, 0.717) is 24.7 Å². The number of nitro benzene ring substituents is 1. The first-order valence-electron chi connectivity index (χ1n) is 7.43. The van der Waals surface area contributed by atoms with Crippen LogP contribution in [-0.2, 0) is 0 Å². The average molecular weight is 327 g/mol. The summed E-state index contributed by atoms with van der Waals surface area (Å²) < 4.78 is 11.0. The van der Waals surface area contributed by atoms with Gasteiger partial charge in [0.25, 0.3) is 5.69 Å². The van der Waals surface area contributed by atoms with Crippen molar-refractivity contribution in [2.24, 2.45) is 4.99 Å². The molecular formula is C17H15N2O5-. The number of ether oxygens (including phenoxy) is 2. The largest absolute Gasteiger partial charge is 0.872 e. The minimum absolute atomic E-state index is 0.136. The summed E-state index contributed by atoms with van der Waals surface area (Å²) in [7, 11) is 0. The highest BCUT2D eigenvalue weighted by atomic mass is 16.6. The molecule has 0 saturated heterocycles. The van der Waals surface area contributed by atoms with Crippen LogP contribution < -0.4 is 14.6 Å². The summed E-state index contributed by atoms with van der Waals surface area (Å²) >= 11 is 0. The number of benzene rings is 2. The molecule has 0 radical (unpaired) electrons. The summed E-state index contributed by atoms with van der Waals surface area (Å²) in [6, 6.07) is 8.89. The Morgan fingerprint density at radius 3 is 2.67 bits per heavy atom. The first-order chi connectivity index (χ1) is 11.5. The molecule has 1 aliphatic heterocycles. The fourth-order valence-corrected chi connectivity index (χ4v) is 2.35. The average Bonchev–Trinajstić information content (AvgIpc) is 2.60. The molecular weight excluding hydrogens is 312 g/mol. The van der Waals surface area contributed by atoms with Gasteiger partial charge < -0.3 is 14.6 Å². The summed E-state index contributed by atoms with van der Waals surface area (Å²) in [4.78, 5) is 14.6. The van der Waals surface area contributed by atoms with Gasteiger partial charge in [0, 0.05) is 18.3 Å². The lowest BCUT2D eigenvalue weighted by atomic mass is 10.1. The molecule has 7 heteroatoms. The zero-order valence-electron chi connectivity index (χ0n) is 13.0. The minimum Gasteiger partial charge on any atom is -0.872 e. The molecule has 0 fully saturated rings. The van der Waals surface area contributed by atoms with Crippen LogP contribution in [0.4, 0.5) is 5.69 Å². The van der Waals surface area contributed by atoms with E-state index in [2.05, 4.69) is 4.99 Å². The molecule has 0 saturated carbocycles. The molecule has 124 valence electrons. The van der Waals surface area contributed by atoms with Gasteiger partial charge in [-0.3, -0.25) is 15.1 Å². The first kappa shape index (κ1) is 15.8. The molecule has 2 aromatic rings. The number of rotatable bonds is 4. The fourth-order valence-electron chi connectivity index (χ4n) is 2.35. The normalized spacial score (nSPS) is 14.5. The van der Waals surface area contributed by atoms with Gasteiger partial charge in [-0.1, -0.05) is 17.9 Å². The Bertz CT molecular complexity index is 804. The zero-order chi connectivity index (χ0) is 17.1. The SMILES string of the molecule is C[C@@H](N=Cc1cc([N+](=O)[O-])ccc1[O-])c1ccc2c(c1)OCCO2. The van der Waals surface area contributed by atoms with E-state index >= 15 is 0 Å². The number of non-ortho nitro benzene ring substituents is 1. The Balaban J connectivity index is 1.81. The van der Waals surface area contributed by atoms with E-state index < -0.39 is 4.92 Å². The molecule has 3 rings (SSSR count). The molecule has 1 heterocycles. The lowest BCUT2D eigenvalue weighted by Crippen LogP contribution is -2.15. The number of hydrogen-bond donors (Lipinski definition) is 0. The van der Waals surface area contributed by atoms with E-state index in [9.17, 15) is 15.2 Å². The second-order valence-corrected chi connectivity index (χ2v) is 5.34. The maximum absolute atomic E-state index is 11.8. The summed E-state index contributed by atoms with van der Waals surface area (Å²) in [6.45, 7) is 2.89. The minimum atomic E-state index is -0.541. The van der Waals surface area contributed by atoms with Crippen LogP contribution in [0.25, 0.3) is 0 Å². The van der Waals surface area contributed by atoms with Crippen molar-refractivity contribution in [3.05, 3.63) is 57.6 Å². The highest BCUT2D eigenvalue weighted by molar-refractivity contribution is 5.84. The molecule has 24 heavy (non-hydrogen) atoms. The van der Waals surface area contributed by atoms with E-state index in [1.807, 2.05) is 25.1 Å². The van der Waals surface area contributed by atoms with Gasteiger partial charge in [0.15, 0.2) is 11.5 Å². The first-order valence-corrected chi connectivity index (χ1v) is 7.43. The fraction of sp³-hybridized carbons (Fsp3) is 0.235. The van der Waals surface area contributed by atoms with Crippen molar-refractivity contribution in [3.63, 3.8) is 0 Å². The zero-order valence-corrected chi connectivity index (χ0v) is 13.0. The van der Waals surface area contributed by atoms with Gasteiger partial charge in [0.1, 0.15) is 13.2 Å². The number of fused-ring (bicyclic) bond motifs is 1. The van der Waals surface area contributed by atoms with Gasteiger partial charge in [0.05, 0.1) is 11.0 Å². The quantitative estimate of drug-likeness (QED) is 0.488. The Morgan fingerprint density at radius 2 is 1.92 bits per heavy atom. The number of aliphatic imine (C=N–C) groups is 1. The molecule has 0 amide bonds. The third-order valence-corrected chi connectivity index (χ3v) is 3.69. The van der Waals surface area contributed by atoms with Crippen molar-refractivity contribution in [2.75, 3.05) is 13.2 Å². The van der Waals surface area contributed by atoms with E-state index in [4.69, 9.17) is 9.47 Å². The third kappa shape index (κ3) is 3.29. The van der Waals surface area contributed by atoms with Gasteiger partial charge in [-0.25, -0.2) is 0 Å². The van der Waals surface area contributed by atoms with Gasteiger partial charge in [-0.05, 0) is 30.2 Å². The van der Waals surface area contributed by atoms with E-state index in [1.165, 1.54) is 24.4 Å². The molecule has 0 N–H and O–H groups in total. The third-order valence-electron chi connectivity index (χ3n) is 3.69. The lowest BCUT2D eigenvalue weighted by Gasteiger charge is -2.19. The summed E-state index contributed by atoms with van der Waals surface area (Å²) in [5, 5.41) is 22.6. The van der Waals surface area contributed by atoms with Crippen LogP contribution in [0.2, 0.25) is 0 Å². The maximum Gasteiger partial charge on any atom is 0.270 e. The van der Waals surface area contributed by atoms with Crippen LogP contribution in [-0.4, -0.2) is 24.4 Å². The predicted molar refractivity (Wildman–Crippen MR) is 86.0 cm³/mol. The van der Waals surface area contributed by atoms with Gasteiger partial charge >= 0.3 is 0 Å². The lowest BCUT2D eigenvalue weighted by molar-refractivity contribution is -0.385. The van der Waals surface area contributed by atoms with E-state index in [1.54, 1.807) is 0 Å². The van der Waals surface area contributed by atoms with Crippen molar-refractivity contribution in [2.45, 2.75) is 13.0 Å². The van der Waals surface area contributed by atoms with Gasteiger partial charge in [-0.2, -0.15) is 0 Å². The van der Waals surface area contributed by atoms with Crippen molar-refractivity contribution >= 4 is 11.9 Å². The molecule has 0 aromatic heterocycles. The summed E-state index contributed by atoms with van der Waals surface area (Å²) in [5.41, 5.74) is 0.949. The molecule has 2 aromatic carbocycles. The Labute approximate surface area is 138 Å². The molecule has 0 aliphatic carbocycles. The van der Waals surface area contributed by atoms with Crippen LogP contribution >= 0.6 is 0 Å². The Hall–Kier alpha value is -3.09. The van der Waals surface area contributed by atoms with Crippen LogP contribution in [0.15, 0.2) is 41.4 Å². The molecule has 0 unspecified atom stereocenters. The Kier molecular flexibility index (Phi) is 4.33. The molecule has 7 nitrogen and oxygen atoms in total. The van der Waals surface area contributed by atoms with Gasteiger partial charge in [-0.15, -0.1) is 0 Å². The van der Waals surface area contributed by atoms with Crippen molar-refractivity contribution < 1.29 is 19.5 Å². The van der Waals surface area contributed by atoms with Crippen LogP contribution in [0.5, 0.6) is 17.2 Å². The van der Waals surface area contributed by atoms with Crippen LogP contribution in [0.1, 0.15) is 24.1 Å². The molecule has 1 atom stereocenters. The predicted octanol–water partition coefficient (Wildman–Crippen LogP) is 2.62. The number of nitro groups is 1. The van der Waals surface area contributed by atoms with E-state index in [-0.39, 0.29) is 23.0 Å². The summed E-state index contributed by atoms with van der Waals surface area (Å²) in [6.07, 6.45) is 1.37. The van der Waals surface area contributed by atoms with Crippen molar-refractivity contribution in [1.82, 2.24) is 0 Å². The van der Waals surface area contributed by atoms with E-state index in [0.717, 1.165) is 5.56 Å². The number of nitrogens with zero attached hydrogens (tertiary/aromatic N) is 2. The molecule has 1 aliphatic rings. The van der Waals surface area contributed by atoms with Crippen molar-refractivity contribution in [1.29, 1.82) is 0 Å². The smallest absolute Gasteiger partial charge is 0.270 e. The standard InChI is InChI=1S/C17H16N2O5/c1-11(12-2-5-16-17(9-12)24-7-6-23-16)18-10-13-8-14(19(21)22)3-4-15(13)20/h2-5,8-11,20H,6-7H2,1H3/p-1/t11-/m1/s1. The molecule has 0 bridgehead atoms. The van der Waals surface area contributed by atoms with Crippen LogP contribution in [0.3, 0.4) is 0 Å². The van der Waals surface area contributed by atoms with Gasteiger partial charge in [0.2, 0.25) is 0 Å². The topological polar surface area (TPSA) is 97.0 Å². The second kappa shape index (κ2) is 6.57. The Morgan fingerprint density at radius 1 is 1.17 bits per heavy atom. The number of hydrogen-bond acceptors (Lipinski definition) is 6. The maximum atomic E-state index is 11.8. The second-order valence-electron chi connectivity index (χ2n) is 5.34. The molecule has 0 spiro atoms. The highest BCUT2D eigenvalue weighted by Gasteiger charge is 2.14. The highest BCUT2D eigenvalue weighted by Crippen LogP contribution is 2.33. The van der Waals surface area contributed by atoms with Crippen LogP contribution in [0, 0.1) is 10.1 Å².